The van der Waals surface area contributed by atoms with Crippen molar-refractivity contribution in [1.29, 1.82) is 0 Å². The largest absolute Gasteiger partial charge is 0.339 e. The molecule has 0 unspecified atom stereocenters. The lowest BCUT2D eigenvalue weighted by Crippen LogP contribution is -2.32. The molecule has 0 aliphatic carbocycles. The van der Waals surface area contributed by atoms with Crippen LogP contribution in [0.15, 0.2) is 53.2 Å². The fourth-order valence-corrected chi connectivity index (χ4v) is 4.16. The van der Waals surface area contributed by atoms with Gasteiger partial charge in [0.1, 0.15) is 11.4 Å². The molecule has 0 spiro atoms. The van der Waals surface area contributed by atoms with Crippen molar-refractivity contribution in [3.8, 4) is 22.6 Å². The minimum atomic E-state index is 0.00542. The number of aryl methyl sites for hydroxylation is 1. The first-order chi connectivity index (χ1) is 15.2. The molecule has 3 aromatic heterocycles. The zero-order chi connectivity index (χ0) is 21.2. The number of carbonyl (C=O) groups excluding carboxylic acids is 1. The van der Waals surface area contributed by atoms with Gasteiger partial charge < -0.3 is 9.42 Å². The number of aromatic nitrogens is 4. The number of carbonyl (C=O) groups is 1. The van der Waals surface area contributed by atoms with E-state index in [4.69, 9.17) is 4.52 Å². The van der Waals surface area contributed by atoms with E-state index >= 15 is 0 Å². The van der Waals surface area contributed by atoms with Crippen LogP contribution in [0.2, 0.25) is 0 Å². The van der Waals surface area contributed by atoms with Gasteiger partial charge in [-0.15, -0.1) is 0 Å². The first kappa shape index (κ1) is 19.5. The molecule has 7 nitrogen and oxygen atoms in total. The fraction of sp³-hybridized carbons (Fsp3) is 0.333. The van der Waals surface area contributed by atoms with Crippen molar-refractivity contribution in [3.05, 3.63) is 54.2 Å². The Morgan fingerprint density at radius 2 is 1.81 bits per heavy atom. The van der Waals surface area contributed by atoms with E-state index in [1.165, 1.54) is 0 Å². The van der Waals surface area contributed by atoms with Gasteiger partial charge in [0.05, 0.1) is 16.6 Å². The first-order valence-corrected chi connectivity index (χ1v) is 10.9. The van der Waals surface area contributed by atoms with Gasteiger partial charge in [0.25, 0.3) is 11.6 Å². The molecule has 1 aliphatic rings. The normalized spacial score (nSPS) is 14.7. The minimum Gasteiger partial charge on any atom is -0.339 e. The zero-order valence-corrected chi connectivity index (χ0v) is 17.6. The van der Waals surface area contributed by atoms with Gasteiger partial charge in [0.2, 0.25) is 0 Å². The van der Waals surface area contributed by atoms with Crippen LogP contribution in [0.25, 0.3) is 33.7 Å². The standard InChI is InChI=1S/C24H25N5O2/c1-2-29-15-12-19(26-29)20-16-18(24(30)28-13-8-3-4-9-14-28)21-22(27-31-23(21)25-20)17-10-6-5-7-11-17/h5-7,10-12,15-16H,2-4,8-9,13-14H2,1H3. The van der Waals surface area contributed by atoms with Gasteiger partial charge in [-0.25, -0.2) is 4.98 Å². The lowest BCUT2D eigenvalue weighted by atomic mass is 10.0. The third-order valence-electron chi connectivity index (χ3n) is 5.84. The van der Waals surface area contributed by atoms with E-state index in [1.807, 2.05) is 65.2 Å². The predicted molar refractivity (Wildman–Crippen MR) is 119 cm³/mol. The van der Waals surface area contributed by atoms with Crippen molar-refractivity contribution in [3.63, 3.8) is 0 Å². The number of hydrogen-bond acceptors (Lipinski definition) is 5. The van der Waals surface area contributed by atoms with E-state index in [0.29, 0.717) is 33.7 Å². The Hall–Kier alpha value is -3.48. The summed E-state index contributed by atoms with van der Waals surface area (Å²) in [5.74, 6) is 0.00542. The summed E-state index contributed by atoms with van der Waals surface area (Å²) in [5.41, 5.74) is 3.82. The molecule has 158 valence electrons. The Bertz CT molecular complexity index is 1200. The van der Waals surface area contributed by atoms with Crippen molar-refractivity contribution >= 4 is 17.0 Å². The van der Waals surface area contributed by atoms with Crippen LogP contribution < -0.4 is 0 Å². The average molecular weight is 415 g/mol. The lowest BCUT2D eigenvalue weighted by Gasteiger charge is -2.21. The molecule has 5 rings (SSSR count). The third-order valence-corrected chi connectivity index (χ3v) is 5.84. The molecule has 0 radical (unpaired) electrons. The Kier molecular flexibility index (Phi) is 5.24. The molecular weight excluding hydrogens is 390 g/mol. The molecule has 1 saturated heterocycles. The van der Waals surface area contributed by atoms with Gasteiger partial charge >= 0.3 is 0 Å². The number of pyridine rings is 1. The van der Waals surface area contributed by atoms with Crippen LogP contribution in [-0.2, 0) is 6.54 Å². The maximum absolute atomic E-state index is 13.7. The highest BCUT2D eigenvalue weighted by molar-refractivity contribution is 6.10. The third kappa shape index (κ3) is 3.71. The highest BCUT2D eigenvalue weighted by Crippen LogP contribution is 2.33. The van der Waals surface area contributed by atoms with Crippen molar-refractivity contribution in [2.24, 2.45) is 0 Å². The van der Waals surface area contributed by atoms with Crippen molar-refractivity contribution in [2.45, 2.75) is 39.2 Å². The summed E-state index contributed by atoms with van der Waals surface area (Å²) in [7, 11) is 0. The molecule has 1 fully saturated rings. The Morgan fingerprint density at radius 1 is 1.03 bits per heavy atom. The van der Waals surface area contributed by atoms with Gasteiger partial charge in [-0.1, -0.05) is 48.3 Å². The SMILES string of the molecule is CCn1ccc(-c2cc(C(=O)N3CCCCCC3)c3c(-c4ccccc4)noc3n2)n1. The molecule has 4 heterocycles. The molecule has 0 bridgehead atoms. The molecule has 1 aromatic carbocycles. The molecule has 0 N–H and O–H groups in total. The molecule has 0 saturated carbocycles. The Balaban J connectivity index is 1.68. The van der Waals surface area contributed by atoms with Crippen LogP contribution in [0, 0.1) is 0 Å². The molecule has 1 amide bonds. The Labute approximate surface area is 180 Å². The number of likely N-dealkylation sites (tertiary alicyclic amines) is 1. The number of benzene rings is 1. The summed E-state index contributed by atoms with van der Waals surface area (Å²) >= 11 is 0. The monoisotopic (exact) mass is 415 g/mol. The highest BCUT2D eigenvalue weighted by Gasteiger charge is 2.26. The number of rotatable bonds is 4. The zero-order valence-electron chi connectivity index (χ0n) is 17.6. The van der Waals surface area contributed by atoms with E-state index in [2.05, 4.69) is 15.2 Å². The van der Waals surface area contributed by atoms with E-state index < -0.39 is 0 Å². The molecule has 4 aromatic rings. The smallest absolute Gasteiger partial charge is 0.259 e. The van der Waals surface area contributed by atoms with Crippen LogP contribution >= 0.6 is 0 Å². The molecule has 1 aliphatic heterocycles. The molecule has 31 heavy (non-hydrogen) atoms. The number of nitrogens with zero attached hydrogens (tertiary/aromatic N) is 5. The number of fused-ring (bicyclic) bond motifs is 1. The second-order valence-corrected chi connectivity index (χ2v) is 7.90. The van der Waals surface area contributed by atoms with Crippen LogP contribution in [-0.4, -0.2) is 43.8 Å². The summed E-state index contributed by atoms with van der Waals surface area (Å²) in [5, 5.41) is 9.53. The molecule has 0 atom stereocenters. The van der Waals surface area contributed by atoms with Gasteiger partial charge in [-0.2, -0.15) is 5.10 Å². The summed E-state index contributed by atoms with van der Waals surface area (Å²) in [6, 6.07) is 13.5. The van der Waals surface area contributed by atoms with Crippen LogP contribution in [0.4, 0.5) is 0 Å². The molecular formula is C24H25N5O2. The van der Waals surface area contributed by atoms with Gasteiger partial charge in [-0.3, -0.25) is 9.48 Å². The van der Waals surface area contributed by atoms with Crippen LogP contribution in [0.5, 0.6) is 0 Å². The maximum Gasteiger partial charge on any atom is 0.259 e. The van der Waals surface area contributed by atoms with E-state index in [-0.39, 0.29) is 5.91 Å². The lowest BCUT2D eigenvalue weighted by molar-refractivity contribution is 0.0763. The first-order valence-electron chi connectivity index (χ1n) is 10.9. The molecule has 7 heteroatoms. The van der Waals surface area contributed by atoms with Crippen LogP contribution in [0.3, 0.4) is 0 Å². The predicted octanol–water partition coefficient (Wildman–Crippen LogP) is 4.79. The second kappa shape index (κ2) is 8.34. The minimum absolute atomic E-state index is 0.00542. The van der Waals surface area contributed by atoms with Gasteiger partial charge in [0, 0.05) is 31.4 Å². The summed E-state index contributed by atoms with van der Waals surface area (Å²) in [6.07, 6.45) is 6.30. The summed E-state index contributed by atoms with van der Waals surface area (Å²) in [6.45, 7) is 4.34. The van der Waals surface area contributed by atoms with E-state index in [0.717, 1.165) is 50.9 Å². The van der Waals surface area contributed by atoms with Crippen molar-refractivity contribution < 1.29 is 9.32 Å². The maximum atomic E-state index is 13.7. The fourth-order valence-electron chi connectivity index (χ4n) is 4.16. The van der Waals surface area contributed by atoms with Crippen molar-refractivity contribution in [2.75, 3.05) is 13.1 Å². The summed E-state index contributed by atoms with van der Waals surface area (Å²) < 4.78 is 7.48. The summed E-state index contributed by atoms with van der Waals surface area (Å²) in [4.78, 5) is 20.3. The van der Waals surface area contributed by atoms with E-state index in [1.54, 1.807) is 0 Å². The average Bonchev–Trinajstić information content (AvgIpc) is 3.38. The quantitative estimate of drug-likeness (QED) is 0.479. The highest BCUT2D eigenvalue weighted by atomic mass is 16.5. The van der Waals surface area contributed by atoms with Crippen molar-refractivity contribution in [1.82, 2.24) is 24.8 Å². The number of hydrogen-bond donors (Lipinski definition) is 0. The number of amides is 1. The Morgan fingerprint density at radius 3 is 2.52 bits per heavy atom. The van der Waals surface area contributed by atoms with Gasteiger partial charge in [0.15, 0.2) is 0 Å². The topological polar surface area (TPSA) is 77.0 Å². The van der Waals surface area contributed by atoms with Crippen LogP contribution in [0.1, 0.15) is 43.0 Å². The van der Waals surface area contributed by atoms with Gasteiger partial charge in [-0.05, 0) is 31.9 Å². The van der Waals surface area contributed by atoms with E-state index in [9.17, 15) is 4.79 Å². The second-order valence-electron chi connectivity index (χ2n) is 7.90.